The van der Waals surface area contributed by atoms with Crippen molar-refractivity contribution >= 4 is 60.5 Å². The minimum Gasteiger partial charge on any atom is -0.399 e. The molecule has 0 unspecified atom stereocenters. The number of nitrogens with two attached hydrogens (primary N) is 1. The molecule has 0 atom stereocenters. The molecular formula is C13H10Br2N2OS. The van der Waals surface area contributed by atoms with E-state index >= 15 is 0 Å². The first-order valence-electron chi connectivity index (χ1n) is 5.71. The normalized spacial score (nSPS) is 13.7. The van der Waals surface area contributed by atoms with Gasteiger partial charge in [0.1, 0.15) is 0 Å². The summed E-state index contributed by atoms with van der Waals surface area (Å²) in [6.45, 7) is 0.713. The lowest BCUT2D eigenvalue weighted by molar-refractivity contribution is 0.0993. The van der Waals surface area contributed by atoms with E-state index in [1.54, 1.807) is 4.90 Å². The maximum atomic E-state index is 12.5. The fraction of sp³-hybridized carbons (Fsp3) is 0.154. The van der Waals surface area contributed by atoms with Gasteiger partial charge in [-0.05, 0) is 62.0 Å². The Morgan fingerprint density at radius 3 is 2.79 bits per heavy atom. The van der Waals surface area contributed by atoms with Crippen molar-refractivity contribution in [1.29, 1.82) is 0 Å². The zero-order valence-corrected chi connectivity index (χ0v) is 13.8. The minimum atomic E-state index is 0.0285. The number of carbonyl (C=O) groups excluding carboxylic acids is 1. The summed E-state index contributed by atoms with van der Waals surface area (Å²) in [6, 6.07) is 7.60. The molecule has 0 radical (unpaired) electrons. The maximum Gasteiger partial charge on any atom is 0.268 e. The van der Waals surface area contributed by atoms with Crippen LogP contribution in [0.15, 0.2) is 32.5 Å². The Bertz CT molecular complexity index is 649. The van der Waals surface area contributed by atoms with Crippen LogP contribution in [-0.2, 0) is 6.42 Å². The second-order valence-corrected chi connectivity index (χ2v) is 7.55. The summed E-state index contributed by atoms with van der Waals surface area (Å²) in [5.41, 5.74) is 8.61. The SMILES string of the molecule is Nc1ccc2c(c1)N(C(=O)c1cc(Br)c(Br)s1)CC2. The Morgan fingerprint density at radius 2 is 2.11 bits per heavy atom. The lowest BCUT2D eigenvalue weighted by Crippen LogP contribution is -2.28. The van der Waals surface area contributed by atoms with E-state index in [4.69, 9.17) is 5.73 Å². The van der Waals surface area contributed by atoms with Crippen molar-refractivity contribution in [3.05, 3.63) is 43.0 Å². The predicted octanol–water partition coefficient (Wildman–Crippen LogP) is 4.06. The molecule has 1 aromatic heterocycles. The molecule has 0 fully saturated rings. The van der Waals surface area contributed by atoms with Crippen molar-refractivity contribution in [2.24, 2.45) is 0 Å². The Morgan fingerprint density at radius 1 is 1.32 bits per heavy atom. The first-order valence-corrected chi connectivity index (χ1v) is 8.11. The average Bonchev–Trinajstić information content (AvgIpc) is 2.93. The van der Waals surface area contributed by atoms with Gasteiger partial charge in [0.15, 0.2) is 0 Å². The second kappa shape index (κ2) is 4.92. The van der Waals surface area contributed by atoms with Gasteiger partial charge in [0.2, 0.25) is 0 Å². The molecule has 19 heavy (non-hydrogen) atoms. The third-order valence-corrected chi connectivity index (χ3v) is 6.35. The Labute approximate surface area is 131 Å². The molecule has 3 rings (SSSR count). The van der Waals surface area contributed by atoms with E-state index in [0.717, 1.165) is 20.4 Å². The highest BCUT2D eigenvalue weighted by molar-refractivity contribution is 9.13. The van der Waals surface area contributed by atoms with Gasteiger partial charge >= 0.3 is 0 Å². The highest BCUT2D eigenvalue weighted by Gasteiger charge is 2.27. The average molecular weight is 402 g/mol. The Kier molecular flexibility index (Phi) is 3.41. The van der Waals surface area contributed by atoms with Gasteiger partial charge in [0.05, 0.1) is 8.66 Å². The number of hydrogen-bond donors (Lipinski definition) is 1. The summed E-state index contributed by atoms with van der Waals surface area (Å²) in [5.74, 6) is 0.0285. The van der Waals surface area contributed by atoms with E-state index in [1.807, 2.05) is 24.3 Å². The highest BCUT2D eigenvalue weighted by Crippen LogP contribution is 2.36. The van der Waals surface area contributed by atoms with Crippen molar-refractivity contribution in [3.63, 3.8) is 0 Å². The lowest BCUT2D eigenvalue weighted by atomic mass is 10.1. The largest absolute Gasteiger partial charge is 0.399 e. The number of thiophene rings is 1. The second-order valence-electron chi connectivity index (χ2n) is 4.33. The fourth-order valence-electron chi connectivity index (χ4n) is 2.19. The standard InChI is InChI=1S/C13H10Br2N2OS/c14-9-6-11(19-12(9)15)13(18)17-4-3-7-1-2-8(16)5-10(7)17/h1-2,5-6H,3-4,16H2. The van der Waals surface area contributed by atoms with Crippen LogP contribution >= 0.6 is 43.2 Å². The van der Waals surface area contributed by atoms with Crippen molar-refractivity contribution < 1.29 is 4.79 Å². The molecule has 2 heterocycles. The maximum absolute atomic E-state index is 12.5. The van der Waals surface area contributed by atoms with Crippen molar-refractivity contribution in [2.45, 2.75) is 6.42 Å². The van der Waals surface area contributed by atoms with Crippen LogP contribution in [0.1, 0.15) is 15.2 Å². The van der Waals surface area contributed by atoms with E-state index < -0.39 is 0 Å². The first kappa shape index (κ1) is 13.1. The Balaban J connectivity index is 1.97. The van der Waals surface area contributed by atoms with Crippen LogP contribution < -0.4 is 10.6 Å². The van der Waals surface area contributed by atoms with Gasteiger partial charge in [-0.15, -0.1) is 11.3 Å². The van der Waals surface area contributed by atoms with Crippen molar-refractivity contribution in [2.75, 3.05) is 17.2 Å². The van der Waals surface area contributed by atoms with E-state index in [-0.39, 0.29) is 5.91 Å². The smallest absolute Gasteiger partial charge is 0.268 e. The van der Waals surface area contributed by atoms with Crippen molar-refractivity contribution in [1.82, 2.24) is 0 Å². The molecule has 6 heteroatoms. The van der Waals surface area contributed by atoms with E-state index in [9.17, 15) is 4.79 Å². The third kappa shape index (κ3) is 2.32. The molecule has 98 valence electrons. The van der Waals surface area contributed by atoms with Gasteiger partial charge in [-0.25, -0.2) is 0 Å². The monoisotopic (exact) mass is 400 g/mol. The summed E-state index contributed by atoms with van der Waals surface area (Å²) in [5, 5.41) is 0. The zero-order valence-electron chi connectivity index (χ0n) is 9.82. The third-order valence-electron chi connectivity index (χ3n) is 3.11. The topological polar surface area (TPSA) is 46.3 Å². The number of rotatable bonds is 1. The molecule has 0 aliphatic carbocycles. The minimum absolute atomic E-state index is 0.0285. The summed E-state index contributed by atoms with van der Waals surface area (Å²) in [4.78, 5) is 15.1. The molecule has 2 aromatic rings. The number of anilines is 2. The van der Waals surface area contributed by atoms with Crippen LogP contribution in [0.3, 0.4) is 0 Å². The lowest BCUT2D eigenvalue weighted by Gasteiger charge is -2.16. The van der Waals surface area contributed by atoms with Crippen LogP contribution in [0.2, 0.25) is 0 Å². The molecule has 1 amide bonds. The van der Waals surface area contributed by atoms with Crippen LogP contribution in [0.5, 0.6) is 0 Å². The van der Waals surface area contributed by atoms with Crippen LogP contribution in [0.4, 0.5) is 11.4 Å². The fourth-order valence-corrected chi connectivity index (χ4v) is 4.18. The van der Waals surface area contributed by atoms with Crippen LogP contribution in [-0.4, -0.2) is 12.5 Å². The van der Waals surface area contributed by atoms with Crippen LogP contribution in [0, 0.1) is 0 Å². The molecule has 3 nitrogen and oxygen atoms in total. The van der Waals surface area contributed by atoms with Gasteiger partial charge in [-0.3, -0.25) is 4.79 Å². The number of fused-ring (bicyclic) bond motifs is 1. The summed E-state index contributed by atoms with van der Waals surface area (Å²) >= 11 is 8.26. The molecule has 1 aromatic carbocycles. The summed E-state index contributed by atoms with van der Waals surface area (Å²) < 4.78 is 1.84. The first-order chi connectivity index (χ1) is 9.06. The molecule has 0 bridgehead atoms. The van der Waals surface area contributed by atoms with Crippen molar-refractivity contribution in [3.8, 4) is 0 Å². The molecule has 2 N–H and O–H groups in total. The molecule has 1 aliphatic rings. The zero-order chi connectivity index (χ0) is 13.6. The number of hydrogen-bond acceptors (Lipinski definition) is 3. The number of nitrogen functional groups attached to an aromatic ring is 1. The molecule has 1 aliphatic heterocycles. The molecule has 0 spiro atoms. The van der Waals surface area contributed by atoms with Gasteiger partial charge < -0.3 is 10.6 Å². The van der Waals surface area contributed by atoms with E-state index in [0.29, 0.717) is 17.1 Å². The molecule has 0 saturated carbocycles. The van der Waals surface area contributed by atoms with E-state index in [2.05, 4.69) is 31.9 Å². The van der Waals surface area contributed by atoms with Gasteiger partial charge in [0.25, 0.3) is 5.91 Å². The highest BCUT2D eigenvalue weighted by atomic mass is 79.9. The number of benzene rings is 1. The molecular weight excluding hydrogens is 392 g/mol. The van der Waals surface area contributed by atoms with Crippen LogP contribution in [0.25, 0.3) is 0 Å². The molecule has 0 saturated heterocycles. The summed E-state index contributed by atoms with van der Waals surface area (Å²) in [7, 11) is 0. The number of halogens is 2. The number of nitrogens with zero attached hydrogens (tertiary/aromatic N) is 1. The van der Waals surface area contributed by atoms with Gasteiger partial charge in [0, 0.05) is 22.4 Å². The summed E-state index contributed by atoms with van der Waals surface area (Å²) in [6.07, 6.45) is 0.884. The van der Waals surface area contributed by atoms with Gasteiger partial charge in [-0.2, -0.15) is 0 Å². The number of carbonyl (C=O) groups is 1. The number of amides is 1. The van der Waals surface area contributed by atoms with Gasteiger partial charge in [-0.1, -0.05) is 6.07 Å². The predicted molar refractivity (Wildman–Crippen MR) is 86.0 cm³/mol. The van der Waals surface area contributed by atoms with E-state index in [1.165, 1.54) is 16.9 Å². The Hall–Kier alpha value is -0.850. The quantitative estimate of drug-likeness (QED) is 0.732.